The fourth-order valence-electron chi connectivity index (χ4n) is 2.24. The molecule has 0 aromatic carbocycles. The lowest BCUT2D eigenvalue weighted by Gasteiger charge is -2.29. The molecular weight excluding hydrogens is 212 g/mol. The molecule has 1 aliphatic heterocycles. The first-order valence-corrected chi connectivity index (χ1v) is 6.41. The molecule has 1 aliphatic rings. The van der Waals surface area contributed by atoms with Gasteiger partial charge in [0.1, 0.15) is 5.82 Å². The van der Waals surface area contributed by atoms with Gasteiger partial charge in [0.25, 0.3) is 0 Å². The molecule has 1 saturated heterocycles. The van der Waals surface area contributed by atoms with Crippen molar-refractivity contribution in [2.45, 2.75) is 26.3 Å². The van der Waals surface area contributed by atoms with Crippen molar-refractivity contribution in [3.05, 3.63) is 23.4 Å². The number of anilines is 1. The number of aromatic nitrogens is 1. The zero-order valence-corrected chi connectivity index (χ0v) is 10.7. The largest absolute Gasteiger partial charge is 0.354 e. The molecule has 3 N–H and O–H groups in total. The number of pyridine rings is 1. The van der Waals surface area contributed by atoms with Crippen LogP contribution < -0.4 is 16.0 Å². The van der Waals surface area contributed by atoms with Gasteiger partial charge in [0, 0.05) is 37.9 Å². The number of nitrogens with zero attached hydrogens (tertiary/aromatic N) is 2. The van der Waals surface area contributed by atoms with Gasteiger partial charge in [-0.2, -0.15) is 0 Å². The highest BCUT2D eigenvalue weighted by Crippen LogP contribution is 2.20. The van der Waals surface area contributed by atoms with Crippen molar-refractivity contribution in [2.75, 3.05) is 31.1 Å². The monoisotopic (exact) mass is 234 g/mol. The molecular formula is C13H22N4. The van der Waals surface area contributed by atoms with E-state index in [-0.39, 0.29) is 6.04 Å². The number of piperazine rings is 1. The van der Waals surface area contributed by atoms with Crippen LogP contribution >= 0.6 is 0 Å². The van der Waals surface area contributed by atoms with Crippen LogP contribution in [-0.4, -0.2) is 31.2 Å². The predicted octanol–water partition coefficient (Wildman–Crippen LogP) is 1.21. The summed E-state index contributed by atoms with van der Waals surface area (Å²) in [6.07, 6.45) is 0.954. The van der Waals surface area contributed by atoms with Crippen molar-refractivity contribution < 1.29 is 0 Å². The Morgan fingerprint density at radius 3 is 2.71 bits per heavy atom. The van der Waals surface area contributed by atoms with E-state index in [1.807, 2.05) is 0 Å². The summed E-state index contributed by atoms with van der Waals surface area (Å²) in [6, 6.07) is 4.34. The summed E-state index contributed by atoms with van der Waals surface area (Å²) in [6.45, 7) is 8.30. The Kier molecular flexibility index (Phi) is 3.97. The standard InChI is InChI=1S/C13H22N4/c1-3-12(14)11-4-5-13(16-10(11)2)17-8-6-15-7-9-17/h4-5,12,15H,3,6-9,14H2,1-2H3/t12-/m1/s1. The van der Waals surface area contributed by atoms with Gasteiger partial charge in [-0.15, -0.1) is 0 Å². The minimum atomic E-state index is 0.111. The van der Waals surface area contributed by atoms with Crippen LogP contribution in [0, 0.1) is 6.92 Å². The summed E-state index contributed by atoms with van der Waals surface area (Å²) in [7, 11) is 0. The van der Waals surface area contributed by atoms with Crippen LogP contribution in [0.25, 0.3) is 0 Å². The molecule has 0 radical (unpaired) electrons. The molecule has 0 bridgehead atoms. The zero-order valence-electron chi connectivity index (χ0n) is 10.7. The van der Waals surface area contributed by atoms with Gasteiger partial charge >= 0.3 is 0 Å². The zero-order chi connectivity index (χ0) is 12.3. The first-order chi connectivity index (χ1) is 8.22. The molecule has 1 aromatic rings. The molecule has 1 fully saturated rings. The van der Waals surface area contributed by atoms with E-state index in [4.69, 9.17) is 5.73 Å². The topological polar surface area (TPSA) is 54.2 Å². The van der Waals surface area contributed by atoms with Gasteiger partial charge in [0.15, 0.2) is 0 Å². The van der Waals surface area contributed by atoms with Crippen LogP contribution in [0.5, 0.6) is 0 Å². The van der Waals surface area contributed by atoms with E-state index in [1.54, 1.807) is 0 Å². The summed E-state index contributed by atoms with van der Waals surface area (Å²) in [5, 5.41) is 3.35. The molecule has 2 heterocycles. The number of rotatable bonds is 3. The Bertz CT molecular complexity index is 372. The Morgan fingerprint density at radius 1 is 1.41 bits per heavy atom. The molecule has 0 amide bonds. The lowest BCUT2D eigenvalue weighted by atomic mass is 10.0. The highest BCUT2D eigenvalue weighted by Gasteiger charge is 2.14. The van der Waals surface area contributed by atoms with Crippen LogP contribution in [-0.2, 0) is 0 Å². The number of hydrogen-bond donors (Lipinski definition) is 2. The SMILES string of the molecule is CC[C@@H](N)c1ccc(N2CCNCC2)nc1C. The van der Waals surface area contributed by atoms with Gasteiger partial charge in [0.05, 0.1) is 0 Å². The second-order valence-corrected chi connectivity index (χ2v) is 4.60. The van der Waals surface area contributed by atoms with Crippen molar-refractivity contribution in [1.82, 2.24) is 10.3 Å². The first kappa shape index (κ1) is 12.3. The first-order valence-electron chi connectivity index (χ1n) is 6.41. The molecule has 94 valence electrons. The Balaban J connectivity index is 2.17. The van der Waals surface area contributed by atoms with Gasteiger partial charge < -0.3 is 16.0 Å². The molecule has 4 nitrogen and oxygen atoms in total. The van der Waals surface area contributed by atoms with Gasteiger partial charge in [-0.25, -0.2) is 4.98 Å². The average molecular weight is 234 g/mol. The summed E-state index contributed by atoms with van der Waals surface area (Å²) < 4.78 is 0. The van der Waals surface area contributed by atoms with Crippen LogP contribution in [0.2, 0.25) is 0 Å². The number of aryl methyl sites for hydroxylation is 1. The van der Waals surface area contributed by atoms with Gasteiger partial charge in [0.2, 0.25) is 0 Å². The summed E-state index contributed by atoms with van der Waals surface area (Å²) in [5.41, 5.74) is 8.30. The summed E-state index contributed by atoms with van der Waals surface area (Å²) in [4.78, 5) is 7.01. The summed E-state index contributed by atoms with van der Waals surface area (Å²) in [5.74, 6) is 1.08. The lowest BCUT2D eigenvalue weighted by Crippen LogP contribution is -2.44. The van der Waals surface area contributed by atoms with Crippen LogP contribution in [0.1, 0.15) is 30.6 Å². The minimum Gasteiger partial charge on any atom is -0.354 e. The molecule has 1 aromatic heterocycles. The van der Waals surface area contributed by atoms with Gasteiger partial charge in [-0.05, 0) is 25.0 Å². The van der Waals surface area contributed by atoms with E-state index < -0.39 is 0 Å². The second-order valence-electron chi connectivity index (χ2n) is 4.60. The van der Waals surface area contributed by atoms with E-state index in [0.717, 1.165) is 44.1 Å². The van der Waals surface area contributed by atoms with Crippen molar-refractivity contribution in [3.63, 3.8) is 0 Å². The molecule has 1 atom stereocenters. The molecule has 0 saturated carbocycles. The molecule has 17 heavy (non-hydrogen) atoms. The maximum atomic E-state index is 6.06. The van der Waals surface area contributed by atoms with E-state index in [2.05, 4.69) is 41.2 Å². The lowest BCUT2D eigenvalue weighted by molar-refractivity contribution is 0.584. The van der Waals surface area contributed by atoms with Crippen molar-refractivity contribution in [3.8, 4) is 0 Å². The van der Waals surface area contributed by atoms with E-state index in [0.29, 0.717) is 0 Å². The minimum absolute atomic E-state index is 0.111. The van der Waals surface area contributed by atoms with E-state index in [1.165, 1.54) is 5.56 Å². The Labute approximate surface area is 103 Å². The highest BCUT2D eigenvalue weighted by atomic mass is 15.2. The van der Waals surface area contributed by atoms with E-state index in [9.17, 15) is 0 Å². The van der Waals surface area contributed by atoms with Crippen molar-refractivity contribution >= 4 is 5.82 Å². The number of nitrogens with one attached hydrogen (secondary N) is 1. The molecule has 2 rings (SSSR count). The molecule has 0 aliphatic carbocycles. The number of hydrogen-bond acceptors (Lipinski definition) is 4. The normalized spacial score (nSPS) is 18.2. The Morgan fingerprint density at radius 2 is 2.12 bits per heavy atom. The third-order valence-electron chi connectivity index (χ3n) is 3.39. The molecule has 0 unspecified atom stereocenters. The Hall–Kier alpha value is -1.13. The summed E-state index contributed by atoms with van der Waals surface area (Å²) >= 11 is 0. The predicted molar refractivity (Wildman–Crippen MR) is 71.3 cm³/mol. The second kappa shape index (κ2) is 5.47. The van der Waals surface area contributed by atoms with Gasteiger partial charge in [-0.3, -0.25) is 0 Å². The van der Waals surface area contributed by atoms with Crippen molar-refractivity contribution in [1.29, 1.82) is 0 Å². The van der Waals surface area contributed by atoms with Crippen LogP contribution in [0.15, 0.2) is 12.1 Å². The molecule has 4 heteroatoms. The van der Waals surface area contributed by atoms with E-state index >= 15 is 0 Å². The smallest absolute Gasteiger partial charge is 0.128 e. The maximum absolute atomic E-state index is 6.06. The molecule has 0 spiro atoms. The van der Waals surface area contributed by atoms with Crippen LogP contribution in [0.3, 0.4) is 0 Å². The van der Waals surface area contributed by atoms with Gasteiger partial charge in [-0.1, -0.05) is 13.0 Å². The third kappa shape index (κ3) is 2.76. The maximum Gasteiger partial charge on any atom is 0.128 e. The fraction of sp³-hybridized carbons (Fsp3) is 0.615. The number of nitrogens with two attached hydrogens (primary N) is 1. The highest BCUT2D eigenvalue weighted by molar-refractivity contribution is 5.42. The van der Waals surface area contributed by atoms with Crippen molar-refractivity contribution in [2.24, 2.45) is 5.73 Å². The quantitative estimate of drug-likeness (QED) is 0.825. The fourth-order valence-corrected chi connectivity index (χ4v) is 2.24. The third-order valence-corrected chi connectivity index (χ3v) is 3.39. The average Bonchev–Trinajstić information content (AvgIpc) is 2.39. The van der Waals surface area contributed by atoms with Crippen LogP contribution in [0.4, 0.5) is 5.82 Å².